The summed E-state index contributed by atoms with van der Waals surface area (Å²) in [5, 5.41) is 7.81. The summed E-state index contributed by atoms with van der Waals surface area (Å²) >= 11 is 1.72. The van der Waals surface area contributed by atoms with Crippen LogP contribution in [0.4, 0.5) is 0 Å². The highest BCUT2D eigenvalue weighted by atomic mass is 32.1. The Morgan fingerprint density at radius 3 is 2.88 bits per heavy atom. The topological polar surface area (TPSA) is 52.6 Å². The summed E-state index contributed by atoms with van der Waals surface area (Å²) in [4.78, 5) is 12.4. The molecule has 6 heteroatoms. The predicted molar refractivity (Wildman–Crippen MR) is 105 cm³/mol. The van der Waals surface area contributed by atoms with E-state index >= 15 is 0 Å². The van der Waals surface area contributed by atoms with E-state index in [1.807, 2.05) is 13.2 Å². The molecule has 0 saturated heterocycles. The van der Waals surface area contributed by atoms with Gasteiger partial charge in [0.15, 0.2) is 5.96 Å². The van der Waals surface area contributed by atoms with Crippen LogP contribution in [0.1, 0.15) is 27.4 Å². The Labute approximate surface area is 154 Å². The third-order valence-electron chi connectivity index (χ3n) is 4.45. The zero-order chi connectivity index (χ0) is 17.5. The first-order valence-electron chi connectivity index (χ1n) is 8.89. The molecular formula is C19H27N5S. The highest BCUT2D eigenvalue weighted by Gasteiger charge is 2.14. The van der Waals surface area contributed by atoms with Gasteiger partial charge in [-0.05, 0) is 30.9 Å². The molecule has 134 valence electrons. The molecule has 2 aromatic rings. The molecule has 3 rings (SSSR count). The molecule has 1 aromatic heterocycles. The lowest BCUT2D eigenvalue weighted by atomic mass is 10.00. The average Bonchev–Trinajstić information content (AvgIpc) is 3.06. The SMILES string of the molecule is CN=C(NCCCN1CCc2ccccc2C1)NCc1ncc(C)s1. The van der Waals surface area contributed by atoms with Crippen molar-refractivity contribution in [2.45, 2.75) is 32.9 Å². The number of aryl methyl sites for hydroxylation is 1. The Balaban J connectivity index is 1.35. The smallest absolute Gasteiger partial charge is 0.191 e. The number of aromatic nitrogens is 1. The minimum Gasteiger partial charge on any atom is -0.356 e. The first-order valence-corrected chi connectivity index (χ1v) is 9.71. The third-order valence-corrected chi connectivity index (χ3v) is 5.37. The van der Waals surface area contributed by atoms with Gasteiger partial charge in [0.05, 0.1) is 6.54 Å². The van der Waals surface area contributed by atoms with Crippen molar-refractivity contribution in [3.63, 3.8) is 0 Å². The number of nitrogens with one attached hydrogen (secondary N) is 2. The zero-order valence-electron chi connectivity index (χ0n) is 15.1. The van der Waals surface area contributed by atoms with Crippen molar-refractivity contribution >= 4 is 17.3 Å². The molecule has 0 aliphatic carbocycles. The number of hydrogen-bond acceptors (Lipinski definition) is 4. The van der Waals surface area contributed by atoms with Crippen molar-refractivity contribution in [3.8, 4) is 0 Å². The van der Waals surface area contributed by atoms with Gasteiger partial charge in [0.1, 0.15) is 5.01 Å². The van der Waals surface area contributed by atoms with Crippen molar-refractivity contribution in [3.05, 3.63) is 51.5 Å². The van der Waals surface area contributed by atoms with Crippen LogP contribution in [-0.2, 0) is 19.5 Å². The van der Waals surface area contributed by atoms with Crippen molar-refractivity contribution in [2.75, 3.05) is 26.7 Å². The highest BCUT2D eigenvalue weighted by molar-refractivity contribution is 7.11. The summed E-state index contributed by atoms with van der Waals surface area (Å²) in [5.41, 5.74) is 3.00. The summed E-state index contributed by atoms with van der Waals surface area (Å²) in [6, 6.07) is 8.80. The lowest BCUT2D eigenvalue weighted by Crippen LogP contribution is -2.39. The molecule has 0 atom stereocenters. The molecule has 1 aliphatic heterocycles. The number of nitrogens with zero attached hydrogens (tertiary/aromatic N) is 3. The van der Waals surface area contributed by atoms with Crippen LogP contribution in [0.2, 0.25) is 0 Å². The second-order valence-corrected chi connectivity index (χ2v) is 7.68. The molecule has 25 heavy (non-hydrogen) atoms. The van der Waals surface area contributed by atoms with Gasteiger partial charge in [0.2, 0.25) is 0 Å². The molecule has 5 nitrogen and oxygen atoms in total. The second-order valence-electron chi connectivity index (χ2n) is 6.37. The van der Waals surface area contributed by atoms with E-state index in [4.69, 9.17) is 0 Å². The van der Waals surface area contributed by atoms with Crippen LogP contribution in [0.15, 0.2) is 35.5 Å². The van der Waals surface area contributed by atoms with Gasteiger partial charge < -0.3 is 10.6 Å². The fraction of sp³-hybridized carbons (Fsp3) is 0.474. The van der Waals surface area contributed by atoms with Gasteiger partial charge in [-0.2, -0.15) is 0 Å². The van der Waals surface area contributed by atoms with Crippen molar-refractivity contribution in [2.24, 2.45) is 4.99 Å². The molecular weight excluding hydrogens is 330 g/mol. The number of fused-ring (bicyclic) bond motifs is 1. The summed E-state index contributed by atoms with van der Waals surface area (Å²) in [5.74, 6) is 0.844. The number of hydrogen-bond donors (Lipinski definition) is 2. The van der Waals surface area contributed by atoms with E-state index in [-0.39, 0.29) is 0 Å². The van der Waals surface area contributed by atoms with Crippen LogP contribution >= 0.6 is 11.3 Å². The van der Waals surface area contributed by atoms with E-state index in [0.717, 1.165) is 50.1 Å². The maximum absolute atomic E-state index is 4.36. The second kappa shape index (κ2) is 8.97. The summed E-state index contributed by atoms with van der Waals surface area (Å²) < 4.78 is 0. The normalized spacial score (nSPS) is 15.0. The Morgan fingerprint density at radius 1 is 1.28 bits per heavy atom. The zero-order valence-corrected chi connectivity index (χ0v) is 15.9. The van der Waals surface area contributed by atoms with Crippen molar-refractivity contribution in [1.29, 1.82) is 0 Å². The maximum Gasteiger partial charge on any atom is 0.191 e. The monoisotopic (exact) mass is 357 g/mol. The minimum absolute atomic E-state index is 0.723. The van der Waals surface area contributed by atoms with E-state index in [2.05, 4.69) is 56.7 Å². The van der Waals surface area contributed by atoms with E-state index in [1.165, 1.54) is 22.4 Å². The maximum atomic E-state index is 4.36. The largest absolute Gasteiger partial charge is 0.356 e. The fourth-order valence-electron chi connectivity index (χ4n) is 3.12. The molecule has 0 unspecified atom stereocenters. The number of benzene rings is 1. The summed E-state index contributed by atoms with van der Waals surface area (Å²) in [6.07, 6.45) is 4.19. The number of thiazole rings is 1. The van der Waals surface area contributed by atoms with Gasteiger partial charge in [-0.25, -0.2) is 4.98 Å². The first-order chi connectivity index (χ1) is 12.2. The number of guanidine groups is 1. The van der Waals surface area contributed by atoms with E-state index < -0.39 is 0 Å². The lowest BCUT2D eigenvalue weighted by molar-refractivity contribution is 0.251. The Bertz CT molecular complexity index is 709. The highest BCUT2D eigenvalue weighted by Crippen LogP contribution is 2.18. The standard InChI is InChI=1S/C19H27N5S/c1-15-12-22-18(25-15)13-23-19(20-2)21-9-5-10-24-11-8-16-6-3-4-7-17(16)14-24/h3-4,6-7,12H,5,8-11,13-14H2,1-2H3,(H2,20,21,23). The summed E-state index contributed by atoms with van der Waals surface area (Å²) in [7, 11) is 1.81. The Kier molecular flexibility index (Phi) is 6.42. The van der Waals surface area contributed by atoms with Crippen LogP contribution in [-0.4, -0.2) is 42.5 Å². The van der Waals surface area contributed by atoms with E-state index in [0.29, 0.717) is 0 Å². The van der Waals surface area contributed by atoms with Gasteiger partial charge in [0.25, 0.3) is 0 Å². The van der Waals surface area contributed by atoms with Gasteiger partial charge >= 0.3 is 0 Å². The molecule has 0 amide bonds. The molecule has 0 saturated carbocycles. The van der Waals surface area contributed by atoms with Crippen molar-refractivity contribution < 1.29 is 0 Å². The molecule has 2 N–H and O–H groups in total. The van der Waals surface area contributed by atoms with Crippen LogP contribution < -0.4 is 10.6 Å². The molecule has 1 aliphatic rings. The lowest BCUT2D eigenvalue weighted by Gasteiger charge is -2.28. The van der Waals surface area contributed by atoms with Crippen LogP contribution in [0.25, 0.3) is 0 Å². The number of rotatable bonds is 6. The predicted octanol–water partition coefficient (Wildman–Crippen LogP) is 2.56. The van der Waals surface area contributed by atoms with Gasteiger partial charge in [-0.15, -0.1) is 11.3 Å². The third kappa shape index (κ3) is 5.28. The molecule has 2 heterocycles. The van der Waals surface area contributed by atoms with Gasteiger partial charge in [0, 0.05) is 44.3 Å². The van der Waals surface area contributed by atoms with Crippen LogP contribution in [0.5, 0.6) is 0 Å². The molecule has 1 aromatic carbocycles. The first kappa shape index (κ1) is 17.9. The van der Waals surface area contributed by atoms with Gasteiger partial charge in [-0.1, -0.05) is 24.3 Å². The summed E-state index contributed by atoms with van der Waals surface area (Å²) in [6.45, 7) is 7.08. The molecule has 0 radical (unpaired) electrons. The molecule has 0 bridgehead atoms. The quantitative estimate of drug-likeness (QED) is 0.474. The minimum atomic E-state index is 0.723. The average molecular weight is 358 g/mol. The van der Waals surface area contributed by atoms with Gasteiger partial charge in [-0.3, -0.25) is 9.89 Å². The Morgan fingerprint density at radius 2 is 2.12 bits per heavy atom. The fourth-order valence-corrected chi connectivity index (χ4v) is 3.84. The number of aliphatic imine (C=N–C) groups is 1. The van der Waals surface area contributed by atoms with E-state index in [9.17, 15) is 0 Å². The van der Waals surface area contributed by atoms with E-state index in [1.54, 1.807) is 11.3 Å². The molecule has 0 fully saturated rings. The van der Waals surface area contributed by atoms with Crippen molar-refractivity contribution in [1.82, 2.24) is 20.5 Å². The molecule has 0 spiro atoms. The Hall–Kier alpha value is -1.92. The van der Waals surface area contributed by atoms with Crippen LogP contribution in [0.3, 0.4) is 0 Å². The van der Waals surface area contributed by atoms with Crippen LogP contribution in [0, 0.1) is 6.92 Å².